The van der Waals surface area contributed by atoms with Crippen LogP contribution in [0.4, 0.5) is 17.1 Å². The first-order chi connectivity index (χ1) is 10.7. The number of nitrogens with one attached hydrogen (secondary N) is 3. The highest BCUT2D eigenvalue weighted by atomic mass is 16.2. The fraction of sp³-hybridized carbons (Fsp3) is 0.176. The average molecular weight is 295 g/mol. The molecule has 112 valence electrons. The van der Waals surface area contributed by atoms with E-state index in [0.717, 1.165) is 11.4 Å². The Hall–Kier alpha value is -2.82. The summed E-state index contributed by atoms with van der Waals surface area (Å²) in [4.78, 5) is 23.1. The lowest BCUT2D eigenvalue weighted by Crippen LogP contribution is -2.37. The minimum atomic E-state index is -0.422. The third-order valence-corrected chi connectivity index (χ3v) is 3.53. The van der Waals surface area contributed by atoms with Gasteiger partial charge in [0.25, 0.3) is 0 Å². The Bertz CT molecular complexity index is 668. The Balaban J connectivity index is 1.59. The zero-order valence-corrected chi connectivity index (χ0v) is 12.0. The fourth-order valence-corrected chi connectivity index (χ4v) is 2.37. The SMILES string of the molecule is O=C1CCC(C(=O)Nc2ccc(Nc3ccccc3)cc2)N1. The molecule has 2 aromatic carbocycles. The smallest absolute Gasteiger partial charge is 0.246 e. The van der Waals surface area contributed by atoms with Crippen LogP contribution in [0.15, 0.2) is 54.6 Å². The van der Waals surface area contributed by atoms with Gasteiger partial charge in [-0.05, 0) is 42.8 Å². The van der Waals surface area contributed by atoms with Crippen molar-refractivity contribution in [3.05, 3.63) is 54.6 Å². The van der Waals surface area contributed by atoms with Crippen LogP contribution in [0, 0.1) is 0 Å². The second-order valence-corrected chi connectivity index (χ2v) is 5.22. The van der Waals surface area contributed by atoms with Gasteiger partial charge in [0, 0.05) is 23.5 Å². The number of hydrogen-bond donors (Lipinski definition) is 3. The van der Waals surface area contributed by atoms with Gasteiger partial charge in [0.1, 0.15) is 6.04 Å². The lowest BCUT2D eigenvalue weighted by molar-refractivity contribution is -0.122. The summed E-state index contributed by atoms with van der Waals surface area (Å²) in [5.74, 6) is -0.239. The molecule has 1 aliphatic rings. The van der Waals surface area contributed by atoms with Gasteiger partial charge < -0.3 is 16.0 Å². The quantitative estimate of drug-likeness (QED) is 0.812. The highest BCUT2D eigenvalue weighted by Gasteiger charge is 2.26. The van der Waals surface area contributed by atoms with Crippen LogP contribution >= 0.6 is 0 Å². The van der Waals surface area contributed by atoms with Crippen molar-refractivity contribution in [1.29, 1.82) is 0 Å². The van der Waals surface area contributed by atoms with E-state index in [1.165, 1.54) is 0 Å². The second kappa shape index (κ2) is 6.30. The van der Waals surface area contributed by atoms with E-state index >= 15 is 0 Å². The Morgan fingerprint density at radius 2 is 1.59 bits per heavy atom. The van der Waals surface area contributed by atoms with Gasteiger partial charge in [-0.1, -0.05) is 18.2 Å². The summed E-state index contributed by atoms with van der Waals surface area (Å²) in [7, 11) is 0. The summed E-state index contributed by atoms with van der Waals surface area (Å²) < 4.78 is 0. The molecule has 1 fully saturated rings. The van der Waals surface area contributed by atoms with E-state index in [-0.39, 0.29) is 11.8 Å². The molecular weight excluding hydrogens is 278 g/mol. The average Bonchev–Trinajstić information content (AvgIpc) is 2.97. The van der Waals surface area contributed by atoms with Crippen LogP contribution in [0.2, 0.25) is 0 Å². The first-order valence-electron chi connectivity index (χ1n) is 7.23. The van der Waals surface area contributed by atoms with Crippen LogP contribution < -0.4 is 16.0 Å². The molecule has 0 radical (unpaired) electrons. The van der Waals surface area contributed by atoms with Crippen molar-refractivity contribution in [3.8, 4) is 0 Å². The number of hydrogen-bond acceptors (Lipinski definition) is 3. The van der Waals surface area contributed by atoms with Gasteiger partial charge in [-0.2, -0.15) is 0 Å². The van der Waals surface area contributed by atoms with Gasteiger partial charge in [0.15, 0.2) is 0 Å². The van der Waals surface area contributed by atoms with Crippen LogP contribution in [0.25, 0.3) is 0 Å². The summed E-state index contributed by atoms with van der Waals surface area (Å²) in [6, 6.07) is 16.9. The van der Waals surface area contributed by atoms with Gasteiger partial charge in [-0.3, -0.25) is 9.59 Å². The molecule has 1 heterocycles. The predicted octanol–water partition coefficient (Wildman–Crippen LogP) is 2.65. The predicted molar refractivity (Wildman–Crippen MR) is 86.0 cm³/mol. The molecule has 1 aliphatic heterocycles. The summed E-state index contributed by atoms with van der Waals surface area (Å²) in [6.07, 6.45) is 0.969. The van der Waals surface area contributed by atoms with Crippen LogP contribution in [-0.4, -0.2) is 17.9 Å². The molecule has 0 bridgehead atoms. The Morgan fingerprint density at radius 1 is 0.955 bits per heavy atom. The second-order valence-electron chi connectivity index (χ2n) is 5.22. The minimum absolute atomic E-state index is 0.0671. The van der Waals surface area contributed by atoms with Crippen LogP contribution in [0.5, 0.6) is 0 Å². The fourth-order valence-electron chi connectivity index (χ4n) is 2.37. The summed E-state index contributed by atoms with van der Waals surface area (Å²) >= 11 is 0. The Morgan fingerprint density at radius 3 is 2.23 bits per heavy atom. The molecule has 0 saturated carbocycles. The molecule has 1 saturated heterocycles. The van der Waals surface area contributed by atoms with E-state index in [9.17, 15) is 9.59 Å². The molecule has 3 rings (SSSR count). The van der Waals surface area contributed by atoms with Gasteiger partial charge in [0.2, 0.25) is 11.8 Å². The topological polar surface area (TPSA) is 70.2 Å². The maximum absolute atomic E-state index is 12.0. The first kappa shape index (κ1) is 14.1. The van der Waals surface area contributed by atoms with Crippen molar-refractivity contribution in [2.24, 2.45) is 0 Å². The molecule has 0 spiro atoms. The van der Waals surface area contributed by atoms with E-state index < -0.39 is 6.04 Å². The van der Waals surface area contributed by atoms with Gasteiger partial charge in [-0.15, -0.1) is 0 Å². The van der Waals surface area contributed by atoms with E-state index in [4.69, 9.17) is 0 Å². The number of carbonyl (C=O) groups is 2. The standard InChI is InChI=1S/C17H17N3O2/c21-16-11-10-15(20-16)17(22)19-14-8-6-13(7-9-14)18-12-4-2-1-3-5-12/h1-9,15,18H,10-11H2,(H,19,22)(H,20,21). The number of amides is 2. The monoisotopic (exact) mass is 295 g/mol. The lowest BCUT2D eigenvalue weighted by Gasteiger charge is -2.12. The Labute approximate surface area is 128 Å². The highest BCUT2D eigenvalue weighted by Crippen LogP contribution is 2.19. The van der Waals surface area contributed by atoms with E-state index in [1.807, 2.05) is 54.6 Å². The molecule has 3 N–H and O–H groups in total. The number of para-hydroxylation sites is 1. The van der Waals surface area contributed by atoms with Crippen molar-refractivity contribution < 1.29 is 9.59 Å². The number of rotatable bonds is 4. The van der Waals surface area contributed by atoms with Crippen molar-refractivity contribution in [3.63, 3.8) is 0 Å². The molecule has 5 heteroatoms. The zero-order valence-electron chi connectivity index (χ0n) is 12.0. The van der Waals surface area contributed by atoms with Crippen LogP contribution in [0.1, 0.15) is 12.8 Å². The van der Waals surface area contributed by atoms with Crippen molar-refractivity contribution in [1.82, 2.24) is 5.32 Å². The number of anilines is 3. The first-order valence-corrected chi connectivity index (χ1v) is 7.23. The molecule has 0 aliphatic carbocycles. The van der Waals surface area contributed by atoms with Crippen molar-refractivity contribution in [2.45, 2.75) is 18.9 Å². The molecular formula is C17H17N3O2. The largest absolute Gasteiger partial charge is 0.356 e. The summed E-state index contributed by atoms with van der Waals surface area (Å²) in [5, 5.41) is 8.74. The molecule has 1 atom stereocenters. The van der Waals surface area contributed by atoms with Crippen LogP contribution in [-0.2, 0) is 9.59 Å². The highest BCUT2D eigenvalue weighted by molar-refractivity contribution is 5.99. The van der Waals surface area contributed by atoms with Gasteiger partial charge in [0.05, 0.1) is 0 Å². The minimum Gasteiger partial charge on any atom is -0.356 e. The molecule has 2 aromatic rings. The van der Waals surface area contributed by atoms with Crippen LogP contribution in [0.3, 0.4) is 0 Å². The normalized spacial score (nSPS) is 16.9. The summed E-state index contributed by atoms with van der Waals surface area (Å²) in [6.45, 7) is 0. The number of benzene rings is 2. The Kier molecular flexibility index (Phi) is 4.05. The molecule has 2 amide bonds. The van der Waals surface area contributed by atoms with Gasteiger partial charge in [-0.25, -0.2) is 0 Å². The van der Waals surface area contributed by atoms with Crippen molar-refractivity contribution in [2.75, 3.05) is 10.6 Å². The summed E-state index contributed by atoms with van der Waals surface area (Å²) in [5.41, 5.74) is 2.66. The molecule has 0 aromatic heterocycles. The number of carbonyl (C=O) groups excluding carboxylic acids is 2. The zero-order chi connectivity index (χ0) is 15.4. The van der Waals surface area contributed by atoms with Crippen molar-refractivity contribution >= 4 is 28.9 Å². The molecule has 22 heavy (non-hydrogen) atoms. The third kappa shape index (κ3) is 3.44. The maximum atomic E-state index is 12.0. The molecule has 5 nitrogen and oxygen atoms in total. The maximum Gasteiger partial charge on any atom is 0.246 e. The lowest BCUT2D eigenvalue weighted by atomic mass is 10.2. The van der Waals surface area contributed by atoms with E-state index in [2.05, 4.69) is 16.0 Å². The third-order valence-electron chi connectivity index (χ3n) is 3.53. The van der Waals surface area contributed by atoms with Gasteiger partial charge >= 0.3 is 0 Å². The molecule has 1 unspecified atom stereocenters. The van der Waals surface area contributed by atoms with E-state index in [0.29, 0.717) is 18.5 Å². The van der Waals surface area contributed by atoms with E-state index in [1.54, 1.807) is 0 Å².